The van der Waals surface area contributed by atoms with E-state index in [4.69, 9.17) is 15.4 Å². The predicted octanol–water partition coefficient (Wildman–Crippen LogP) is 0.605. The molecule has 0 aromatic rings. The summed E-state index contributed by atoms with van der Waals surface area (Å²) in [6.45, 7) is 0. The molecule has 0 radical (unpaired) electrons. The summed E-state index contributed by atoms with van der Waals surface area (Å²) in [5, 5.41) is 11.9. The molecule has 2 amide bonds. The van der Waals surface area contributed by atoms with Crippen LogP contribution in [-0.4, -0.2) is 35.5 Å². The SMILES string of the molecule is COC1C(C(=O)O)=CON1C(=O)N=[N+]=[N-]. The highest BCUT2D eigenvalue weighted by Crippen LogP contribution is 2.21. The number of carboxylic acid groups (broad SMARTS) is 1. The highest BCUT2D eigenvalue weighted by molar-refractivity contribution is 5.89. The highest BCUT2D eigenvalue weighted by atomic mass is 16.7. The van der Waals surface area contributed by atoms with Crippen LogP contribution in [-0.2, 0) is 14.4 Å². The standard InChI is InChI=1S/C6H6N4O5/c1-14-4-3(5(11)12)2-15-10(4)6(13)8-9-7/h2,4H,1H3,(H,11,12). The molecule has 9 nitrogen and oxygen atoms in total. The summed E-state index contributed by atoms with van der Waals surface area (Å²) in [6.07, 6.45) is -0.387. The van der Waals surface area contributed by atoms with Gasteiger partial charge in [0.15, 0.2) is 0 Å². The third kappa shape index (κ3) is 1.98. The van der Waals surface area contributed by atoms with Crippen molar-refractivity contribution < 1.29 is 24.3 Å². The second-order valence-corrected chi connectivity index (χ2v) is 2.37. The van der Waals surface area contributed by atoms with E-state index in [0.717, 1.165) is 6.26 Å². The van der Waals surface area contributed by atoms with E-state index in [2.05, 4.69) is 14.9 Å². The van der Waals surface area contributed by atoms with Gasteiger partial charge in [-0.05, 0) is 5.53 Å². The number of ether oxygens (including phenoxy) is 1. The number of hydrogen-bond acceptors (Lipinski definition) is 4. The zero-order valence-electron chi connectivity index (χ0n) is 7.52. The molecule has 1 aliphatic rings. The minimum atomic E-state index is -1.29. The zero-order valence-corrected chi connectivity index (χ0v) is 7.52. The largest absolute Gasteiger partial charge is 0.478 e. The average Bonchev–Trinajstić information content (AvgIpc) is 2.61. The van der Waals surface area contributed by atoms with Gasteiger partial charge in [-0.15, -0.1) is 5.06 Å². The molecule has 1 aliphatic heterocycles. The Morgan fingerprint density at radius 1 is 1.80 bits per heavy atom. The first-order chi connectivity index (χ1) is 7.11. The lowest BCUT2D eigenvalue weighted by atomic mass is 10.3. The number of carboxylic acids is 1. The molecule has 0 aliphatic carbocycles. The minimum Gasteiger partial charge on any atom is -0.478 e. The topological polar surface area (TPSA) is 125 Å². The van der Waals surface area contributed by atoms with E-state index in [1.807, 2.05) is 0 Å². The fourth-order valence-electron chi connectivity index (χ4n) is 0.960. The predicted molar refractivity (Wildman–Crippen MR) is 44.0 cm³/mol. The number of hydrogen-bond donors (Lipinski definition) is 1. The van der Waals surface area contributed by atoms with Crippen LogP contribution in [0.4, 0.5) is 4.79 Å². The third-order valence-corrected chi connectivity index (χ3v) is 1.56. The second kappa shape index (κ2) is 4.31. The Labute approximate surface area is 83.1 Å². The van der Waals surface area contributed by atoms with Gasteiger partial charge in [-0.25, -0.2) is 4.79 Å². The molecule has 80 valence electrons. The molecule has 0 bridgehead atoms. The summed E-state index contributed by atoms with van der Waals surface area (Å²) in [5.41, 5.74) is 7.75. The molecule has 0 spiro atoms. The van der Waals surface area contributed by atoms with E-state index in [1.54, 1.807) is 0 Å². The van der Waals surface area contributed by atoms with Gasteiger partial charge in [0.25, 0.3) is 0 Å². The van der Waals surface area contributed by atoms with Crippen molar-refractivity contribution in [3.63, 3.8) is 0 Å². The summed E-state index contributed by atoms with van der Waals surface area (Å²) >= 11 is 0. The van der Waals surface area contributed by atoms with Gasteiger partial charge in [0.05, 0.1) is 0 Å². The molecule has 9 heteroatoms. The van der Waals surface area contributed by atoms with Crippen molar-refractivity contribution in [2.75, 3.05) is 7.11 Å². The van der Waals surface area contributed by atoms with Crippen LogP contribution in [0.25, 0.3) is 10.4 Å². The van der Waals surface area contributed by atoms with E-state index in [1.165, 1.54) is 7.11 Å². The van der Waals surface area contributed by atoms with Gasteiger partial charge >= 0.3 is 12.0 Å². The number of aliphatic carboxylic acids is 1. The molecule has 1 rings (SSSR count). The van der Waals surface area contributed by atoms with Crippen LogP contribution in [0.5, 0.6) is 0 Å². The van der Waals surface area contributed by atoms with Gasteiger partial charge < -0.3 is 14.7 Å². The molecule has 1 atom stereocenters. The van der Waals surface area contributed by atoms with Crippen LogP contribution < -0.4 is 0 Å². The van der Waals surface area contributed by atoms with Gasteiger partial charge in [0.1, 0.15) is 11.8 Å². The molecular weight excluding hydrogens is 208 g/mol. The van der Waals surface area contributed by atoms with Crippen molar-refractivity contribution in [3.8, 4) is 0 Å². The smallest absolute Gasteiger partial charge is 0.346 e. The molecule has 1 unspecified atom stereocenters. The van der Waals surface area contributed by atoms with Gasteiger partial charge in [-0.1, -0.05) is 0 Å². The fourth-order valence-corrected chi connectivity index (χ4v) is 0.960. The number of carbonyl (C=O) groups is 2. The Morgan fingerprint density at radius 3 is 2.93 bits per heavy atom. The van der Waals surface area contributed by atoms with Gasteiger partial charge in [-0.3, -0.25) is 4.79 Å². The van der Waals surface area contributed by atoms with E-state index in [-0.39, 0.29) is 5.57 Å². The summed E-state index contributed by atoms with van der Waals surface area (Å²) in [4.78, 5) is 28.5. The van der Waals surface area contributed by atoms with Crippen molar-refractivity contribution >= 4 is 12.0 Å². The van der Waals surface area contributed by atoms with E-state index in [0.29, 0.717) is 5.06 Å². The molecule has 1 N–H and O–H groups in total. The quantitative estimate of drug-likeness (QED) is 0.409. The van der Waals surface area contributed by atoms with Crippen LogP contribution in [0.15, 0.2) is 16.9 Å². The lowest BCUT2D eigenvalue weighted by molar-refractivity contribution is -0.143. The summed E-state index contributed by atoms with van der Waals surface area (Å²) < 4.78 is 4.71. The van der Waals surface area contributed by atoms with E-state index < -0.39 is 18.2 Å². The Hall–Kier alpha value is -2.25. The maximum absolute atomic E-state index is 11.1. The monoisotopic (exact) mass is 214 g/mol. The van der Waals surface area contributed by atoms with Crippen molar-refractivity contribution in [2.24, 2.45) is 5.11 Å². The van der Waals surface area contributed by atoms with Crippen molar-refractivity contribution in [1.29, 1.82) is 0 Å². The van der Waals surface area contributed by atoms with Crippen molar-refractivity contribution in [3.05, 3.63) is 22.3 Å². The first-order valence-corrected chi connectivity index (χ1v) is 3.63. The van der Waals surface area contributed by atoms with Crippen LogP contribution in [0.3, 0.4) is 0 Å². The molecular formula is C6H6N4O5. The molecule has 15 heavy (non-hydrogen) atoms. The molecule has 0 saturated heterocycles. The first kappa shape index (κ1) is 10.8. The number of rotatable bonds is 2. The number of carbonyl (C=O) groups excluding carboxylic acids is 1. The zero-order chi connectivity index (χ0) is 11.4. The lowest BCUT2D eigenvalue weighted by Crippen LogP contribution is -2.37. The number of nitrogens with zero attached hydrogens (tertiary/aromatic N) is 4. The molecule has 0 aromatic heterocycles. The number of methoxy groups -OCH3 is 1. The van der Waals surface area contributed by atoms with Crippen LogP contribution in [0.1, 0.15) is 0 Å². The third-order valence-electron chi connectivity index (χ3n) is 1.56. The number of azide groups is 1. The maximum atomic E-state index is 11.1. The lowest BCUT2D eigenvalue weighted by Gasteiger charge is -2.19. The Kier molecular flexibility index (Phi) is 3.11. The summed E-state index contributed by atoms with van der Waals surface area (Å²) in [6, 6.07) is -1.09. The summed E-state index contributed by atoms with van der Waals surface area (Å²) in [5.74, 6) is -1.29. The average molecular weight is 214 g/mol. The number of urea groups is 1. The first-order valence-electron chi connectivity index (χ1n) is 3.63. The molecule has 0 saturated carbocycles. The van der Waals surface area contributed by atoms with E-state index >= 15 is 0 Å². The van der Waals surface area contributed by atoms with Crippen molar-refractivity contribution in [2.45, 2.75) is 6.23 Å². The number of hydroxylamine groups is 2. The van der Waals surface area contributed by atoms with E-state index in [9.17, 15) is 9.59 Å². The number of amides is 2. The highest BCUT2D eigenvalue weighted by Gasteiger charge is 2.37. The molecule has 0 aromatic carbocycles. The Bertz CT molecular complexity index is 372. The van der Waals surface area contributed by atoms with Crippen LogP contribution in [0.2, 0.25) is 0 Å². The van der Waals surface area contributed by atoms with Gasteiger partial charge in [-0.2, -0.15) is 0 Å². The Morgan fingerprint density at radius 2 is 2.47 bits per heavy atom. The van der Waals surface area contributed by atoms with Gasteiger partial charge in [0, 0.05) is 17.1 Å². The maximum Gasteiger partial charge on any atom is 0.346 e. The minimum absolute atomic E-state index is 0.265. The Balaban J connectivity index is 2.86. The fraction of sp³-hybridized carbons (Fsp3) is 0.333. The molecule has 1 heterocycles. The van der Waals surface area contributed by atoms with Crippen molar-refractivity contribution in [1.82, 2.24) is 5.06 Å². The molecule has 0 fully saturated rings. The van der Waals surface area contributed by atoms with Crippen LogP contribution in [0, 0.1) is 0 Å². The second-order valence-electron chi connectivity index (χ2n) is 2.37. The van der Waals surface area contributed by atoms with Crippen LogP contribution >= 0.6 is 0 Å². The van der Waals surface area contributed by atoms with Gasteiger partial charge in [0.2, 0.25) is 6.23 Å². The normalized spacial score (nSPS) is 18.9. The summed E-state index contributed by atoms with van der Waals surface area (Å²) in [7, 11) is 1.19.